The lowest BCUT2D eigenvalue weighted by Crippen LogP contribution is -2.31. The monoisotopic (exact) mass is 479 g/mol. The van der Waals surface area contributed by atoms with Crippen LogP contribution in [0.15, 0.2) is 39.6 Å². The molecule has 0 bridgehead atoms. The van der Waals surface area contributed by atoms with Gasteiger partial charge in [0.15, 0.2) is 17.4 Å². The van der Waals surface area contributed by atoms with Crippen LogP contribution in [0.1, 0.15) is 31.7 Å². The van der Waals surface area contributed by atoms with Crippen LogP contribution < -0.4 is 15.7 Å². The summed E-state index contributed by atoms with van der Waals surface area (Å²) in [4.78, 5) is 28.0. The lowest BCUT2D eigenvalue weighted by atomic mass is 9.85. The average Bonchev–Trinajstić information content (AvgIpc) is 3.05. The van der Waals surface area contributed by atoms with Gasteiger partial charge in [0, 0.05) is 34.3 Å². The Morgan fingerprint density at radius 1 is 1.20 bits per heavy atom. The van der Waals surface area contributed by atoms with Gasteiger partial charge in [0.1, 0.15) is 0 Å². The minimum absolute atomic E-state index is 0.0134. The summed E-state index contributed by atoms with van der Waals surface area (Å²) in [7, 11) is 1.18. The lowest BCUT2D eigenvalue weighted by molar-refractivity contribution is -0.121. The lowest BCUT2D eigenvalue weighted by Gasteiger charge is -2.28. The quantitative estimate of drug-likeness (QED) is 0.566. The molecule has 158 valence electrons. The molecule has 3 aromatic rings. The van der Waals surface area contributed by atoms with E-state index >= 15 is 0 Å². The number of H-pyrrole nitrogens is 1. The average molecular weight is 480 g/mol. The number of methoxy groups -OCH3 is 1. The molecule has 1 aliphatic rings. The fraction of sp³-hybridized carbons (Fsp3) is 0.333. The first-order valence-corrected chi connectivity index (χ1v) is 10.4. The zero-order valence-electron chi connectivity index (χ0n) is 16.2. The second-order valence-corrected chi connectivity index (χ2v) is 8.26. The van der Waals surface area contributed by atoms with Gasteiger partial charge >= 0.3 is 5.69 Å². The molecular formula is C21H20BrF2N3O3. The minimum Gasteiger partial charge on any atom is -0.491 e. The number of hydrogen-bond donors (Lipinski definition) is 2. The molecule has 0 atom stereocenters. The molecular weight excluding hydrogens is 460 g/mol. The Morgan fingerprint density at radius 3 is 2.50 bits per heavy atom. The van der Waals surface area contributed by atoms with E-state index in [2.05, 4.69) is 31.0 Å². The van der Waals surface area contributed by atoms with Gasteiger partial charge in [-0.1, -0.05) is 6.07 Å². The van der Waals surface area contributed by atoms with Crippen LogP contribution in [-0.4, -0.2) is 22.6 Å². The highest BCUT2D eigenvalue weighted by Crippen LogP contribution is 2.35. The molecule has 30 heavy (non-hydrogen) atoms. The topological polar surface area (TPSA) is 76.1 Å². The van der Waals surface area contributed by atoms with Gasteiger partial charge in [-0.2, -0.15) is 0 Å². The zero-order valence-corrected chi connectivity index (χ0v) is 17.8. The Bertz CT molecular complexity index is 1140. The third kappa shape index (κ3) is 3.74. The molecule has 9 heteroatoms. The molecule has 2 aromatic carbocycles. The highest BCUT2D eigenvalue weighted by Gasteiger charge is 2.29. The van der Waals surface area contributed by atoms with Gasteiger partial charge < -0.3 is 15.0 Å². The van der Waals surface area contributed by atoms with E-state index < -0.39 is 17.4 Å². The number of fused-ring (bicyclic) bond motifs is 1. The fourth-order valence-corrected chi connectivity index (χ4v) is 4.60. The number of nitrogens with one attached hydrogen (secondary N) is 2. The Morgan fingerprint density at radius 2 is 1.87 bits per heavy atom. The van der Waals surface area contributed by atoms with Gasteiger partial charge in [-0.15, -0.1) is 0 Å². The van der Waals surface area contributed by atoms with Gasteiger partial charge in [0.25, 0.3) is 0 Å². The Hall–Kier alpha value is -2.68. The smallest absolute Gasteiger partial charge is 0.326 e. The summed E-state index contributed by atoms with van der Waals surface area (Å²) in [5, 5.41) is 2.59. The maximum atomic E-state index is 13.9. The molecule has 1 heterocycles. The summed E-state index contributed by atoms with van der Waals surface area (Å²) in [6.07, 6.45) is 2.46. The van der Waals surface area contributed by atoms with Crippen molar-refractivity contribution < 1.29 is 18.3 Å². The number of nitrogens with zero attached hydrogens (tertiary/aromatic N) is 1. The molecule has 1 aromatic heterocycles. The van der Waals surface area contributed by atoms with Crippen molar-refractivity contribution in [3.05, 3.63) is 56.9 Å². The summed E-state index contributed by atoms with van der Waals surface area (Å²) in [6, 6.07) is 7.70. The van der Waals surface area contributed by atoms with E-state index in [4.69, 9.17) is 0 Å². The Labute approximate surface area is 179 Å². The zero-order chi connectivity index (χ0) is 21.4. The largest absolute Gasteiger partial charge is 0.491 e. The first kappa shape index (κ1) is 20.6. The van der Waals surface area contributed by atoms with Gasteiger partial charge in [-0.05, 0) is 53.7 Å². The fourth-order valence-electron chi connectivity index (χ4n) is 4.14. The van der Waals surface area contributed by atoms with Crippen LogP contribution in [0.25, 0.3) is 11.0 Å². The summed E-state index contributed by atoms with van der Waals surface area (Å²) in [5.41, 5.74) is 1.46. The van der Waals surface area contributed by atoms with Crippen molar-refractivity contribution in [3.8, 4) is 5.75 Å². The summed E-state index contributed by atoms with van der Waals surface area (Å²) in [6.45, 7) is 0. The number of carbonyl (C=O) groups excluding carboxylic acids is 1. The number of aromatic nitrogens is 2. The van der Waals surface area contributed by atoms with Gasteiger partial charge in [0.05, 0.1) is 18.1 Å². The number of imidazole rings is 1. The van der Waals surface area contributed by atoms with E-state index in [1.54, 1.807) is 4.57 Å². The molecule has 1 saturated carbocycles. The number of para-hydroxylation sites is 1. The number of aromatic amines is 1. The maximum Gasteiger partial charge on any atom is 0.326 e. The molecule has 0 saturated heterocycles. The number of hydrogen-bond acceptors (Lipinski definition) is 3. The summed E-state index contributed by atoms with van der Waals surface area (Å²) < 4.78 is 34.9. The third-order valence-corrected chi connectivity index (χ3v) is 6.27. The molecule has 6 nitrogen and oxygen atoms in total. The van der Waals surface area contributed by atoms with Crippen LogP contribution in [-0.2, 0) is 4.79 Å². The third-order valence-electron chi connectivity index (χ3n) is 5.60. The SMILES string of the molecule is COc1c(F)cc(NC(=O)[C@H]2CC[C@@H](n3c(=O)[nH]c4c(Br)cccc43)CC2)cc1F. The van der Waals surface area contributed by atoms with Gasteiger partial charge in [-0.25, -0.2) is 13.6 Å². The highest BCUT2D eigenvalue weighted by atomic mass is 79.9. The predicted octanol–water partition coefficient (Wildman–Crippen LogP) is 4.75. The highest BCUT2D eigenvalue weighted by molar-refractivity contribution is 9.10. The molecule has 1 fully saturated rings. The Balaban J connectivity index is 1.45. The number of ether oxygens (including phenoxy) is 1. The van der Waals surface area contributed by atoms with Crippen LogP contribution >= 0.6 is 15.9 Å². The second kappa shape index (κ2) is 8.22. The van der Waals surface area contributed by atoms with Gasteiger partial charge in [-0.3, -0.25) is 9.36 Å². The van der Waals surface area contributed by atoms with E-state index in [-0.39, 0.29) is 29.2 Å². The normalized spacial score (nSPS) is 19.1. The van der Waals surface area contributed by atoms with Crippen LogP contribution in [0.2, 0.25) is 0 Å². The van der Waals surface area contributed by atoms with Crippen molar-refractivity contribution in [1.29, 1.82) is 0 Å². The van der Waals surface area contributed by atoms with E-state index in [0.717, 1.165) is 27.6 Å². The molecule has 2 N–H and O–H groups in total. The van der Waals surface area contributed by atoms with E-state index in [1.165, 1.54) is 7.11 Å². The second-order valence-electron chi connectivity index (χ2n) is 7.40. The molecule has 0 radical (unpaired) electrons. The molecule has 0 unspecified atom stereocenters. The number of benzene rings is 2. The van der Waals surface area contributed by atoms with E-state index in [1.807, 2.05) is 18.2 Å². The first-order chi connectivity index (χ1) is 14.4. The van der Waals surface area contributed by atoms with Crippen molar-refractivity contribution in [2.45, 2.75) is 31.7 Å². The standard InChI is InChI=1S/C21H20BrF2N3O3/c1-30-19-15(23)9-12(10-16(19)24)25-20(28)11-5-7-13(8-6-11)27-17-4-2-3-14(22)18(17)26-21(27)29/h2-4,9-11,13H,5-8H2,1H3,(H,25,28)(H,26,29)/t11-,13+. The van der Waals surface area contributed by atoms with Crippen molar-refractivity contribution >= 4 is 38.6 Å². The van der Waals surface area contributed by atoms with Crippen molar-refractivity contribution in [1.82, 2.24) is 9.55 Å². The number of rotatable bonds is 4. The van der Waals surface area contributed by atoms with Crippen molar-refractivity contribution in [2.24, 2.45) is 5.92 Å². The number of carbonyl (C=O) groups is 1. The minimum atomic E-state index is -0.874. The van der Waals surface area contributed by atoms with E-state index in [0.29, 0.717) is 25.7 Å². The molecule has 0 spiro atoms. The van der Waals surface area contributed by atoms with E-state index in [9.17, 15) is 18.4 Å². The molecule has 0 aliphatic heterocycles. The predicted molar refractivity (Wildman–Crippen MR) is 113 cm³/mol. The summed E-state index contributed by atoms with van der Waals surface area (Å²) in [5.74, 6) is -2.80. The maximum absolute atomic E-state index is 13.9. The van der Waals surface area contributed by atoms with Crippen molar-refractivity contribution in [2.75, 3.05) is 12.4 Å². The van der Waals surface area contributed by atoms with Crippen LogP contribution in [0.5, 0.6) is 5.75 Å². The van der Waals surface area contributed by atoms with Crippen LogP contribution in [0.3, 0.4) is 0 Å². The number of halogens is 3. The number of amides is 1. The van der Waals surface area contributed by atoms with Gasteiger partial charge in [0.2, 0.25) is 5.91 Å². The molecule has 1 amide bonds. The Kier molecular flexibility index (Phi) is 5.64. The van der Waals surface area contributed by atoms with Crippen LogP contribution in [0, 0.1) is 17.6 Å². The number of anilines is 1. The molecule has 1 aliphatic carbocycles. The van der Waals surface area contributed by atoms with Crippen LogP contribution in [0.4, 0.5) is 14.5 Å². The summed E-state index contributed by atoms with van der Waals surface area (Å²) >= 11 is 3.45. The molecule has 4 rings (SSSR count). The van der Waals surface area contributed by atoms with Crippen molar-refractivity contribution in [3.63, 3.8) is 0 Å². The first-order valence-electron chi connectivity index (χ1n) is 9.61.